The van der Waals surface area contributed by atoms with Gasteiger partial charge >= 0.3 is 0 Å². The van der Waals surface area contributed by atoms with E-state index in [0.717, 1.165) is 48.3 Å². The van der Waals surface area contributed by atoms with Crippen LogP contribution in [0.5, 0.6) is 0 Å². The largest absolute Gasteiger partial charge is 0.340 e. The Hall–Kier alpha value is -3.70. The third-order valence-electron chi connectivity index (χ3n) is 7.65. The number of imidazole rings is 1. The number of aromatic amines is 1. The molecule has 0 bridgehead atoms. The molecular weight excluding hydrogens is 456 g/mol. The fourth-order valence-electron chi connectivity index (χ4n) is 5.46. The second kappa shape index (κ2) is 12.0. The van der Waals surface area contributed by atoms with E-state index < -0.39 is 0 Å². The van der Waals surface area contributed by atoms with Gasteiger partial charge in [0.2, 0.25) is 5.91 Å². The van der Waals surface area contributed by atoms with Crippen molar-refractivity contribution in [1.29, 1.82) is 0 Å². The monoisotopic (exact) mass is 492 g/mol. The minimum atomic E-state index is -0.209. The maximum atomic E-state index is 14.2. The van der Waals surface area contributed by atoms with E-state index in [1.54, 1.807) is 0 Å². The van der Waals surface area contributed by atoms with Crippen molar-refractivity contribution in [1.82, 2.24) is 14.9 Å². The van der Waals surface area contributed by atoms with Crippen LogP contribution in [0.1, 0.15) is 48.7 Å². The van der Waals surface area contributed by atoms with E-state index in [2.05, 4.69) is 58.4 Å². The minimum absolute atomic E-state index is 0.0216. The number of carbonyl (C=O) groups is 1. The number of H-pyrrole nitrogens is 1. The van der Waals surface area contributed by atoms with Gasteiger partial charge in [0.15, 0.2) is 0 Å². The van der Waals surface area contributed by atoms with E-state index in [1.807, 2.05) is 48.7 Å². The van der Waals surface area contributed by atoms with Crippen LogP contribution in [-0.4, -0.2) is 27.3 Å². The van der Waals surface area contributed by atoms with E-state index in [4.69, 9.17) is 10.7 Å². The Morgan fingerprint density at radius 3 is 2.08 bits per heavy atom. The van der Waals surface area contributed by atoms with Gasteiger partial charge in [-0.05, 0) is 54.8 Å². The SMILES string of the molecule is NCC1CCC(C(=O)N(Cc2ccccc2)C(Cc2ccccc2)c2ncc(-c3ccccc3)[nH]2)CC1. The normalized spacial score (nSPS) is 18.3. The molecule has 1 atom stereocenters. The van der Waals surface area contributed by atoms with E-state index in [1.165, 1.54) is 5.56 Å². The summed E-state index contributed by atoms with van der Waals surface area (Å²) in [5, 5.41) is 0. The Bertz CT molecular complexity index is 1250. The van der Waals surface area contributed by atoms with Crippen molar-refractivity contribution >= 4 is 5.91 Å². The summed E-state index contributed by atoms with van der Waals surface area (Å²) in [6.07, 6.45) is 6.43. The zero-order chi connectivity index (χ0) is 25.5. The van der Waals surface area contributed by atoms with Crippen molar-refractivity contribution in [2.24, 2.45) is 17.6 Å². The molecule has 0 saturated heterocycles. The van der Waals surface area contributed by atoms with Gasteiger partial charge in [0.25, 0.3) is 0 Å². The molecule has 5 heteroatoms. The van der Waals surface area contributed by atoms with Crippen molar-refractivity contribution in [3.8, 4) is 11.3 Å². The molecule has 5 nitrogen and oxygen atoms in total. The summed E-state index contributed by atoms with van der Waals surface area (Å²) in [6.45, 7) is 1.26. The lowest BCUT2D eigenvalue weighted by atomic mass is 9.81. The number of nitrogens with zero attached hydrogens (tertiary/aromatic N) is 2. The van der Waals surface area contributed by atoms with Gasteiger partial charge in [-0.1, -0.05) is 91.0 Å². The number of benzene rings is 3. The molecule has 1 aliphatic carbocycles. The molecule has 1 fully saturated rings. The molecule has 1 aromatic heterocycles. The van der Waals surface area contributed by atoms with Crippen molar-refractivity contribution < 1.29 is 4.79 Å². The smallest absolute Gasteiger partial charge is 0.226 e. The first-order valence-electron chi connectivity index (χ1n) is 13.4. The predicted octanol–water partition coefficient (Wildman–Crippen LogP) is 6.15. The van der Waals surface area contributed by atoms with Gasteiger partial charge in [-0.3, -0.25) is 4.79 Å². The fraction of sp³-hybridized carbons (Fsp3) is 0.312. The minimum Gasteiger partial charge on any atom is -0.340 e. The van der Waals surface area contributed by atoms with Crippen LogP contribution in [0, 0.1) is 11.8 Å². The first kappa shape index (κ1) is 25.0. The second-order valence-corrected chi connectivity index (χ2v) is 10.2. The van der Waals surface area contributed by atoms with Crippen LogP contribution in [0.15, 0.2) is 97.2 Å². The van der Waals surface area contributed by atoms with Gasteiger partial charge in [-0.25, -0.2) is 4.98 Å². The van der Waals surface area contributed by atoms with Crippen molar-refractivity contribution in [3.05, 3.63) is 114 Å². The summed E-state index contributed by atoms with van der Waals surface area (Å²) in [5.41, 5.74) is 10.3. The summed E-state index contributed by atoms with van der Waals surface area (Å²) in [5.74, 6) is 1.60. The fourth-order valence-corrected chi connectivity index (χ4v) is 5.46. The van der Waals surface area contributed by atoms with Crippen molar-refractivity contribution in [2.45, 2.75) is 44.7 Å². The molecule has 5 rings (SSSR count). The molecule has 4 aromatic rings. The van der Waals surface area contributed by atoms with Gasteiger partial charge in [0.05, 0.1) is 17.9 Å². The molecule has 0 radical (unpaired) electrons. The standard InChI is InChI=1S/C32H36N4O/c33-21-25-16-18-28(19-17-25)32(37)36(23-26-12-6-2-7-13-26)30(20-24-10-4-1-5-11-24)31-34-22-29(35-31)27-14-8-3-9-15-27/h1-15,22,25,28,30H,16-21,23,33H2,(H,34,35). The lowest BCUT2D eigenvalue weighted by Crippen LogP contribution is -2.41. The van der Waals surface area contributed by atoms with Crippen molar-refractivity contribution in [2.75, 3.05) is 6.54 Å². The van der Waals surface area contributed by atoms with Crippen molar-refractivity contribution in [3.63, 3.8) is 0 Å². The highest BCUT2D eigenvalue weighted by atomic mass is 16.2. The van der Waals surface area contributed by atoms with Crippen LogP contribution in [0.4, 0.5) is 0 Å². The summed E-state index contributed by atoms with van der Waals surface area (Å²) in [6, 6.07) is 30.7. The zero-order valence-corrected chi connectivity index (χ0v) is 21.3. The van der Waals surface area contributed by atoms with Crippen LogP contribution < -0.4 is 5.73 Å². The first-order valence-corrected chi connectivity index (χ1v) is 13.4. The lowest BCUT2D eigenvalue weighted by Gasteiger charge is -2.36. The van der Waals surface area contributed by atoms with Gasteiger partial charge in [-0.15, -0.1) is 0 Å². The van der Waals surface area contributed by atoms with E-state index >= 15 is 0 Å². The Morgan fingerprint density at radius 2 is 1.46 bits per heavy atom. The second-order valence-electron chi connectivity index (χ2n) is 10.2. The molecule has 1 saturated carbocycles. The highest BCUT2D eigenvalue weighted by Gasteiger charge is 2.34. The molecule has 190 valence electrons. The Balaban J connectivity index is 1.51. The van der Waals surface area contributed by atoms with Crippen LogP contribution in [-0.2, 0) is 17.8 Å². The average molecular weight is 493 g/mol. The molecular formula is C32H36N4O. The maximum absolute atomic E-state index is 14.2. The number of carbonyl (C=O) groups excluding carboxylic acids is 1. The third kappa shape index (κ3) is 6.17. The number of hydrogen-bond donors (Lipinski definition) is 2. The van der Waals surface area contributed by atoms with Crippen LogP contribution >= 0.6 is 0 Å². The molecule has 0 aliphatic heterocycles. The number of rotatable bonds is 9. The zero-order valence-electron chi connectivity index (χ0n) is 21.3. The molecule has 1 heterocycles. The van der Waals surface area contributed by atoms with E-state index in [9.17, 15) is 4.79 Å². The maximum Gasteiger partial charge on any atom is 0.226 e. The van der Waals surface area contributed by atoms with E-state index in [0.29, 0.717) is 25.4 Å². The molecule has 0 spiro atoms. The summed E-state index contributed by atoms with van der Waals surface area (Å²) < 4.78 is 0. The number of amides is 1. The molecule has 1 unspecified atom stereocenters. The number of nitrogens with one attached hydrogen (secondary N) is 1. The number of nitrogens with two attached hydrogens (primary N) is 1. The Labute approximate surface area is 219 Å². The molecule has 3 aromatic carbocycles. The molecule has 1 aliphatic rings. The average Bonchev–Trinajstić information content (AvgIpc) is 3.46. The quantitative estimate of drug-likeness (QED) is 0.294. The number of aromatic nitrogens is 2. The highest BCUT2D eigenvalue weighted by molar-refractivity contribution is 5.79. The molecule has 37 heavy (non-hydrogen) atoms. The van der Waals surface area contributed by atoms with Gasteiger partial charge in [0, 0.05) is 18.9 Å². The summed E-state index contributed by atoms with van der Waals surface area (Å²) in [4.78, 5) is 24.7. The van der Waals surface area contributed by atoms with Gasteiger partial charge < -0.3 is 15.6 Å². The van der Waals surface area contributed by atoms with Crippen LogP contribution in [0.2, 0.25) is 0 Å². The Morgan fingerprint density at radius 1 is 0.865 bits per heavy atom. The van der Waals surface area contributed by atoms with E-state index in [-0.39, 0.29) is 17.9 Å². The lowest BCUT2D eigenvalue weighted by molar-refractivity contribution is -0.140. The van der Waals surface area contributed by atoms with Crippen LogP contribution in [0.3, 0.4) is 0 Å². The summed E-state index contributed by atoms with van der Waals surface area (Å²) in [7, 11) is 0. The highest BCUT2D eigenvalue weighted by Crippen LogP contribution is 2.34. The molecule has 1 amide bonds. The third-order valence-corrected chi connectivity index (χ3v) is 7.65. The molecule has 3 N–H and O–H groups in total. The number of hydrogen-bond acceptors (Lipinski definition) is 3. The summed E-state index contributed by atoms with van der Waals surface area (Å²) >= 11 is 0. The Kier molecular flexibility index (Phi) is 8.11. The van der Waals surface area contributed by atoms with Crippen LogP contribution in [0.25, 0.3) is 11.3 Å². The predicted molar refractivity (Wildman–Crippen MR) is 148 cm³/mol. The first-order chi connectivity index (χ1) is 18.2. The van der Waals surface area contributed by atoms with Gasteiger partial charge in [-0.2, -0.15) is 0 Å². The topological polar surface area (TPSA) is 75.0 Å². The van der Waals surface area contributed by atoms with Gasteiger partial charge in [0.1, 0.15) is 5.82 Å².